The van der Waals surface area contributed by atoms with E-state index in [1.54, 1.807) is 12.4 Å². The summed E-state index contributed by atoms with van der Waals surface area (Å²) in [5.74, 6) is 0.386. The molecule has 0 saturated carbocycles. The van der Waals surface area contributed by atoms with Crippen LogP contribution < -0.4 is 10.5 Å². The lowest BCUT2D eigenvalue weighted by atomic mass is 9.99. The van der Waals surface area contributed by atoms with Crippen LogP contribution in [0, 0.1) is 5.82 Å². The zero-order valence-corrected chi connectivity index (χ0v) is 11.3. The van der Waals surface area contributed by atoms with E-state index in [0.29, 0.717) is 24.3 Å². The molecule has 2 heterocycles. The SMILES string of the molecule is NC[C@H]1Cc2c(F)ccc(-c3ccc4nc[nH]c4c3)c2O1. The Hall–Kier alpha value is -2.40. The minimum atomic E-state index is -0.229. The van der Waals surface area contributed by atoms with Crippen molar-refractivity contribution in [2.75, 3.05) is 6.54 Å². The number of nitrogens with one attached hydrogen (secondary N) is 1. The highest BCUT2D eigenvalue weighted by Gasteiger charge is 2.27. The van der Waals surface area contributed by atoms with Gasteiger partial charge in [0, 0.05) is 24.1 Å². The maximum Gasteiger partial charge on any atom is 0.133 e. The second-order valence-electron chi connectivity index (χ2n) is 5.22. The molecule has 2 aromatic carbocycles. The van der Waals surface area contributed by atoms with Crippen LogP contribution in [0.2, 0.25) is 0 Å². The standard InChI is InChI=1S/C16H14FN3O/c17-13-3-2-11(16-12(13)6-10(7-18)21-16)9-1-4-14-15(5-9)20-8-19-14/h1-5,8,10H,6-7,18H2,(H,19,20)/t10-/m1/s1. The van der Waals surface area contributed by atoms with Crippen molar-refractivity contribution in [1.29, 1.82) is 0 Å². The topological polar surface area (TPSA) is 63.9 Å². The van der Waals surface area contributed by atoms with E-state index >= 15 is 0 Å². The van der Waals surface area contributed by atoms with Crippen molar-refractivity contribution in [3.63, 3.8) is 0 Å². The van der Waals surface area contributed by atoms with E-state index in [0.717, 1.165) is 22.2 Å². The lowest BCUT2D eigenvalue weighted by molar-refractivity contribution is 0.242. The molecule has 1 aromatic heterocycles. The van der Waals surface area contributed by atoms with Gasteiger partial charge in [-0.05, 0) is 29.8 Å². The van der Waals surface area contributed by atoms with Crippen molar-refractivity contribution in [2.24, 2.45) is 5.73 Å². The summed E-state index contributed by atoms with van der Waals surface area (Å²) in [6.45, 7) is 0.382. The van der Waals surface area contributed by atoms with Crippen molar-refractivity contribution < 1.29 is 9.13 Å². The highest BCUT2D eigenvalue weighted by molar-refractivity contribution is 5.84. The molecular weight excluding hydrogens is 269 g/mol. The summed E-state index contributed by atoms with van der Waals surface area (Å²) >= 11 is 0. The number of fused-ring (bicyclic) bond motifs is 2. The van der Waals surface area contributed by atoms with Gasteiger partial charge in [0.1, 0.15) is 17.7 Å². The second kappa shape index (κ2) is 4.56. The van der Waals surface area contributed by atoms with E-state index in [2.05, 4.69) is 9.97 Å². The van der Waals surface area contributed by atoms with E-state index in [4.69, 9.17) is 10.5 Å². The fraction of sp³-hybridized carbons (Fsp3) is 0.188. The van der Waals surface area contributed by atoms with Gasteiger partial charge in [-0.2, -0.15) is 0 Å². The molecule has 1 atom stereocenters. The van der Waals surface area contributed by atoms with Gasteiger partial charge in [0.15, 0.2) is 0 Å². The number of nitrogens with zero attached hydrogens (tertiary/aromatic N) is 1. The molecule has 21 heavy (non-hydrogen) atoms. The zero-order chi connectivity index (χ0) is 14.4. The monoisotopic (exact) mass is 283 g/mol. The molecule has 0 spiro atoms. The Bertz CT molecular complexity index is 828. The van der Waals surface area contributed by atoms with Crippen molar-refractivity contribution in [3.8, 4) is 16.9 Å². The first kappa shape index (κ1) is 12.3. The quantitative estimate of drug-likeness (QED) is 0.760. The molecule has 1 aliphatic rings. The average Bonchev–Trinajstić information content (AvgIpc) is 3.13. The van der Waals surface area contributed by atoms with Crippen molar-refractivity contribution >= 4 is 11.0 Å². The van der Waals surface area contributed by atoms with E-state index in [1.807, 2.05) is 18.2 Å². The van der Waals surface area contributed by atoms with Gasteiger partial charge in [-0.25, -0.2) is 9.37 Å². The van der Waals surface area contributed by atoms with Crippen molar-refractivity contribution in [1.82, 2.24) is 9.97 Å². The molecule has 3 aromatic rings. The normalized spacial score (nSPS) is 17.0. The zero-order valence-electron chi connectivity index (χ0n) is 11.3. The molecule has 1 aliphatic heterocycles. The van der Waals surface area contributed by atoms with Gasteiger partial charge in [0.25, 0.3) is 0 Å². The predicted molar refractivity (Wildman–Crippen MR) is 78.7 cm³/mol. The Labute approximate surface area is 120 Å². The Kier molecular flexibility index (Phi) is 2.68. The minimum absolute atomic E-state index is 0.147. The van der Waals surface area contributed by atoms with Crippen LogP contribution in [0.5, 0.6) is 5.75 Å². The van der Waals surface area contributed by atoms with Crippen LogP contribution in [0.4, 0.5) is 4.39 Å². The van der Waals surface area contributed by atoms with Crippen LogP contribution >= 0.6 is 0 Å². The number of nitrogens with two attached hydrogens (primary N) is 1. The van der Waals surface area contributed by atoms with Crippen LogP contribution in [-0.4, -0.2) is 22.6 Å². The van der Waals surface area contributed by atoms with Crippen LogP contribution in [0.25, 0.3) is 22.2 Å². The molecular formula is C16H14FN3O. The number of aromatic nitrogens is 2. The molecule has 0 saturated heterocycles. The molecule has 5 heteroatoms. The Morgan fingerprint density at radius 3 is 3.10 bits per heavy atom. The molecule has 106 valence electrons. The number of hydrogen-bond acceptors (Lipinski definition) is 3. The Morgan fingerprint density at radius 2 is 2.24 bits per heavy atom. The highest BCUT2D eigenvalue weighted by Crippen LogP contribution is 2.40. The van der Waals surface area contributed by atoms with E-state index in [-0.39, 0.29) is 11.9 Å². The lowest BCUT2D eigenvalue weighted by Crippen LogP contribution is -2.24. The number of imidazole rings is 1. The van der Waals surface area contributed by atoms with E-state index < -0.39 is 0 Å². The average molecular weight is 283 g/mol. The third kappa shape index (κ3) is 1.89. The first-order valence-electron chi connectivity index (χ1n) is 6.88. The number of ether oxygens (including phenoxy) is 1. The van der Waals surface area contributed by atoms with Gasteiger partial charge in [-0.1, -0.05) is 6.07 Å². The van der Waals surface area contributed by atoms with Crippen LogP contribution in [-0.2, 0) is 6.42 Å². The van der Waals surface area contributed by atoms with Gasteiger partial charge < -0.3 is 15.5 Å². The fourth-order valence-corrected chi connectivity index (χ4v) is 2.83. The number of rotatable bonds is 2. The molecule has 0 amide bonds. The van der Waals surface area contributed by atoms with Gasteiger partial charge in [0.2, 0.25) is 0 Å². The number of hydrogen-bond donors (Lipinski definition) is 2. The minimum Gasteiger partial charge on any atom is -0.488 e. The van der Waals surface area contributed by atoms with Crippen molar-refractivity contribution in [2.45, 2.75) is 12.5 Å². The number of benzene rings is 2. The van der Waals surface area contributed by atoms with Gasteiger partial charge in [-0.15, -0.1) is 0 Å². The van der Waals surface area contributed by atoms with Gasteiger partial charge in [-0.3, -0.25) is 0 Å². The summed E-state index contributed by atoms with van der Waals surface area (Å²) in [5.41, 5.74) is 9.98. The molecule has 0 aliphatic carbocycles. The molecule has 0 unspecified atom stereocenters. The molecule has 3 N–H and O–H groups in total. The summed E-state index contributed by atoms with van der Waals surface area (Å²) in [7, 11) is 0. The van der Waals surface area contributed by atoms with E-state index in [9.17, 15) is 4.39 Å². The third-order valence-corrected chi connectivity index (χ3v) is 3.91. The fourth-order valence-electron chi connectivity index (χ4n) is 2.83. The Morgan fingerprint density at radius 1 is 1.33 bits per heavy atom. The number of aromatic amines is 1. The molecule has 4 rings (SSSR count). The number of H-pyrrole nitrogens is 1. The maximum atomic E-state index is 14.0. The van der Waals surface area contributed by atoms with Gasteiger partial charge in [0.05, 0.1) is 17.4 Å². The maximum absolute atomic E-state index is 14.0. The van der Waals surface area contributed by atoms with Crippen molar-refractivity contribution in [3.05, 3.63) is 48.0 Å². The third-order valence-electron chi connectivity index (χ3n) is 3.91. The predicted octanol–water partition coefficient (Wildman–Crippen LogP) is 2.63. The summed E-state index contributed by atoms with van der Waals surface area (Å²) in [6, 6.07) is 9.15. The number of halogens is 1. The second-order valence-corrected chi connectivity index (χ2v) is 5.22. The summed E-state index contributed by atoms with van der Waals surface area (Å²) in [5, 5.41) is 0. The van der Waals surface area contributed by atoms with E-state index in [1.165, 1.54) is 6.07 Å². The largest absolute Gasteiger partial charge is 0.488 e. The summed E-state index contributed by atoms with van der Waals surface area (Å²) in [6.07, 6.45) is 2.04. The first-order chi connectivity index (χ1) is 10.3. The lowest BCUT2D eigenvalue weighted by Gasteiger charge is -2.11. The molecule has 0 bridgehead atoms. The molecule has 4 nitrogen and oxygen atoms in total. The van der Waals surface area contributed by atoms with Gasteiger partial charge >= 0.3 is 0 Å². The molecule has 0 fully saturated rings. The first-order valence-corrected chi connectivity index (χ1v) is 6.88. The smallest absolute Gasteiger partial charge is 0.133 e. The highest BCUT2D eigenvalue weighted by atomic mass is 19.1. The molecule has 0 radical (unpaired) electrons. The van der Waals surface area contributed by atoms with Crippen LogP contribution in [0.1, 0.15) is 5.56 Å². The summed E-state index contributed by atoms with van der Waals surface area (Å²) in [4.78, 5) is 7.28. The summed E-state index contributed by atoms with van der Waals surface area (Å²) < 4.78 is 19.8. The van der Waals surface area contributed by atoms with Crippen LogP contribution in [0.3, 0.4) is 0 Å². The van der Waals surface area contributed by atoms with Crippen LogP contribution in [0.15, 0.2) is 36.7 Å². The Balaban J connectivity index is 1.88.